The lowest BCUT2D eigenvalue weighted by Gasteiger charge is -2.11. The van der Waals surface area contributed by atoms with E-state index in [-0.39, 0.29) is 24.0 Å². The van der Waals surface area contributed by atoms with E-state index in [1.807, 2.05) is 0 Å². The second kappa shape index (κ2) is 5.96. The molecule has 2 N–H and O–H groups in total. The number of benzene rings is 2. The lowest BCUT2D eigenvalue weighted by atomic mass is 10.1. The Kier molecular flexibility index (Phi) is 4.29. The quantitative estimate of drug-likeness (QED) is 0.927. The molecule has 0 unspecified atom stereocenters. The van der Waals surface area contributed by atoms with Crippen molar-refractivity contribution in [2.24, 2.45) is 5.73 Å². The fourth-order valence-corrected chi connectivity index (χ4v) is 1.73. The molecule has 0 aliphatic rings. The van der Waals surface area contributed by atoms with Crippen LogP contribution in [-0.4, -0.2) is 0 Å². The van der Waals surface area contributed by atoms with Gasteiger partial charge in [0.15, 0.2) is 23.2 Å². The van der Waals surface area contributed by atoms with Gasteiger partial charge in [0.05, 0.1) is 0 Å². The van der Waals surface area contributed by atoms with Crippen molar-refractivity contribution in [1.29, 1.82) is 0 Å². The molecule has 2 rings (SSSR count). The average Bonchev–Trinajstić information content (AvgIpc) is 2.41. The first kappa shape index (κ1) is 14.4. The predicted octanol–water partition coefficient (Wildman–Crippen LogP) is 3.70. The molecular formula is C15H14F3NO. The van der Waals surface area contributed by atoms with Gasteiger partial charge in [-0.05, 0) is 30.7 Å². The minimum atomic E-state index is -0.986. The molecular weight excluding hydrogens is 267 g/mol. The molecule has 20 heavy (non-hydrogen) atoms. The van der Waals surface area contributed by atoms with E-state index in [0.717, 1.165) is 6.07 Å². The highest BCUT2D eigenvalue weighted by molar-refractivity contribution is 5.31. The highest BCUT2D eigenvalue weighted by atomic mass is 19.2. The lowest BCUT2D eigenvalue weighted by molar-refractivity contribution is 0.282. The average molecular weight is 281 g/mol. The summed E-state index contributed by atoms with van der Waals surface area (Å²) in [5.74, 6) is -2.56. The summed E-state index contributed by atoms with van der Waals surface area (Å²) < 4.78 is 45.3. The molecule has 0 saturated heterocycles. The summed E-state index contributed by atoms with van der Waals surface area (Å²) in [4.78, 5) is 0. The number of rotatable bonds is 4. The Labute approximate surface area is 115 Å². The predicted molar refractivity (Wildman–Crippen MR) is 69.7 cm³/mol. The van der Waals surface area contributed by atoms with Crippen molar-refractivity contribution in [3.8, 4) is 5.75 Å². The zero-order valence-corrected chi connectivity index (χ0v) is 10.9. The second-order valence-electron chi connectivity index (χ2n) is 4.48. The van der Waals surface area contributed by atoms with E-state index < -0.39 is 17.5 Å². The van der Waals surface area contributed by atoms with Crippen LogP contribution in [0.2, 0.25) is 0 Å². The molecule has 2 nitrogen and oxygen atoms in total. The first-order valence-electron chi connectivity index (χ1n) is 6.09. The topological polar surface area (TPSA) is 35.2 Å². The fourth-order valence-electron chi connectivity index (χ4n) is 1.73. The van der Waals surface area contributed by atoms with Gasteiger partial charge in [0, 0.05) is 11.6 Å². The summed E-state index contributed by atoms with van der Waals surface area (Å²) in [6, 6.07) is 7.79. The first-order chi connectivity index (χ1) is 9.49. The maximum absolute atomic E-state index is 13.7. The number of hydrogen-bond acceptors (Lipinski definition) is 2. The number of halogens is 3. The third kappa shape index (κ3) is 3.11. The summed E-state index contributed by atoms with van der Waals surface area (Å²) in [5.41, 5.74) is 6.30. The summed E-state index contributed by atoms with van der Waals surface area (Å²) in [6.07, 6.45) is 0. The molecule has 0 spiro atoms. The van der Waals surface area contributed by atoms with E-state index >= 15 is 0 Å². The van der Waals surface area contributed by atoms with Crippen molar-refractivity contribution in [3.63, 3.8) is 0 Å². The van der Waals surface area contributed by atoms with E-state index in [4.69, 9.17) is 10.5 Å². The van der Waals surface area contributed by atoms with Crippen molar-refractivity contribution in [1.82, 2.24) is 0 Å². The summed E-state index contributed by atoms with van der Waals surface area (Å²) >= 11 is 0. The Bertz CT molecular complexity index is 614. The smallest absolute Gasteiger partial charge is 0.165 e. The third-order valence-corrected chi connectivity index (χ3v) is 2.90. The van der Waals surface area contributed by atoms with Crippen LogP contribution in [0.1, 0.15) is 24.1 Å². The molecule has 5 heteroatoms. The van der Waals surface area contributed by atoms with Gasteiger partial charge in [-0.15, -0.1) is 0 Å². The van der Waals surface area contributed by atoms with E-state index in [0.29, 0.717) is 5.56 Å². The minimum absolute atomic E-state index is 0.0284. The zero-order valence-electron chi connectivity index (χ0n) is 10.9. The normalized spacial score (nSPS) is 12.2. The van der Waals surface area contributed by atoms with Crippen LogP contribution in [0.25, 0.3) is 0 Å². The fraction of sp³-hybridized carbons (Fsp3) is 0.200. The Morgan fingerprint density at radius 3 is 2.50 bits per heavy atom. The highest BCUT2D eigenvalue weighted by Gasteiger charge is 2.11. The molecule has 0 fully saturated rings. The van der Waals surface area contributed by atoms with Gasteiger partial charge >= 0.3 is 0 Å². The Morgan fingerprint density at radius 2 is 1.85 bits per heavy atom. The van der Waals surface area contributed by atoms with Crippen LogP contribution < -0.4 is 10.5 Å². The molecule has 0 aromatic heterocycles. The van der Waals surface area contributed by atoms with Crippen LogP contribution in [-0.2, 0) is 6.61 Å². The molecule has 0 heterocycles. The highest BCUT2D eigenvalue weighted by Crippen LogP contribution is 2.22. The Morgan fingerprint density at radius 1 is 1.10 bits per heavy atom. The van der Waals surface area contributed by atoms with Crippen LogP contribution in [0, 0.1) is 17.5 Å². The van der Waals surface area contributed by atoms with Crippen LogP contribution in [0.5, 0.6) is 5.75 Å². The van der Waals surface area contributed by atoms with Gasteiger partial charge in [-0.3, -0.25) is 0 Å². The van der Waals surface area contributed by atoms with E-state index in [9.17, 15) is 13.2 Å². The van der Waals surface area contributed by atoms with Crippen molar-refractivity contribution in [3.05, 3.63) is 65.0 Å². The molecule has 0 saturated carbocycles. The van der Waals surface area contributed by atoms with Crippen molar-refractivity contribution in [2.45, 2.75) is 19.6 Å². The maximum Gasteiger partial charge on any atom is 0.165 e. The number of nitrogens with two attached hydrogens (primary N) is 1. The van der Waals surface area contributed by atoms with Gasteiger partial charge < -0.3 is 10.5 Å². The SMILES string of the molecule is C[C@@H](N)c1ccc(OCc2cccc(F)c2F)c(F)c1. The summed E-state index contributed by atoms with van der Waals surface area (Å²) in [5, 5.41) is 0. The van der Waals surface area contributed by atoms with Crippen LogP contribution in [0.4, 0.5) is 13.2 Å². The molecule has 0 aliphatic carbocycles. The summed E-state index contributed by atoms with van der Waals surface area (Å²) in [7, 11) is 0. The standard InChI is InChI=1S/C15H14F3NO/c1-9(19)10-5-6-14(13(17)7-10)20-8-11-3-2-4-12(16)15(11)18/h2-7,9H,8,19H2,1H3/t9-/m1/s1. The molecule has 106 valence electrons. The van der Waals surface area contributed by atoms with Crippen LogP contribution >= 0.6 is 0 Å². The summed E-state index contributed by atoms with van der Waals surface area (Å²) in [6.45, 7) is 1.48. The third-order valence-electron chi connectivity index (χ3n) is 2.90. The monoisotopic (exact) mass is 281 g/mol. The Hall–Kier alpha value is -2.01. The Balaban J connectivity index is 2.13. The van der Waals surface area contributed by atoms with E-state index in [1.54, 1.807) is 13.0 Å². The first-order valence-corrected chi connectivity index (χ1v) is 6.09. The molecule has 2 aromatic carbocycles. The van der Waals surface area contributed by atoms with Gasteiger partial charge in [-0.2, -0.15) is 0 Å². The van der Waals surface area contributed by atoms with Crippen molar-refractivity contribution < 1.29 is 17.9 Å². The second-order valence-corrected chi connectivity index (χ2v) is 4.48. The lowest BCUT2D eigenvalue weighted by Crippen LogP contribution is -2.06. The van der Waals surface area contributed by atoms with Gasteiger partial charge in [-0.25, -0.2) is 13.2 Å². The van der Waals surface area contributed by atoms with Gasteiger partial charge in [0.25, 0.3) is 0 Å². The molecule has 2 aromatic rings. The molecule has 1 atom stereocenters. The van der Waals surface area contributed by atoms with Gasteiger partial charge in [0.2, 0.25) is 0 Å². The molecule has 0 aliphatic heterocycles. The van der Waals surface area contributed by atoms with Crippen LogP contribution in [0.3, 0.4) is 0 Å². The van der Waals surface area contributed by atoms with Gasteiger partial charge in [-0.1, -0.05) is 18.2 Å². The largest absolute Gasteiger partial charge is 0.486 e. The van der Waals surface area contributed by atoms with Crippen molar-refractivity contribution >= 4 is 0 Å². The number of ether oxygens (including phenoxy) is 1. The molecule has 0 bridgehead atoms. The minimum Gasteiger partial charge on any atom is -0.486 e. The maximum atomic E-state index is 13.7. The zero-order chi connectivity index (χ0) is 14.7. The van der Waals surface area contributed by atoms with Gasteiger partial charge in [0.1, 0.15) is 6.61 Å². The molecule has 0 amide bonds. The van der Waals surface area contributed by atoms with Crippen molar-refractivity contribution in [2.75, 3.05) is 0 Å². The van der Waals surface area contributed by atoms with E-state index in [1.165, 1.54) is 24.3 Å². The van der Waals surface area contributed by atoms with Crippen LogP contribution in [0.15, 0.2) is 36.4 Å². The number of hydrogen-bond donors (Lipinski definition) is 1. The van der Waals surface area contributed by atoms with E-state index in [2.05, 4.69) is 0 Å². The molecule has 0 radical (unpaired) electrons.